The number of likely N-dealkylation sites (tertiary alicyclic amines) is 1. The molecule has 1 heterocycles. The van der Waals surface area contributed by atoms with Gasteiger partial charge < -0.3 is 9.74 Å². The predicted molar refractivity (Wildman–Crippen MR) is 45.3 cm³/mol. The van der Waals surface area contributed by atoms with Gasteiger partial charge in [0.2, 0.25) is 0 Å². The molecule has 1 rings (SSSR count). The highest BCUT2D eigenvalue weighted by molar-refractivity contribution is 4.72. The average Bonchev–Trinajstić information content (AvgIpc) is 2.03. The Labute approximate surface area is 68.7 Å². The van der Waals surface area contributed by atoms with E-state index in [-0.39, 0.29) is 0 Å². The molecule has 0 aromatic carbocycles. The number of rotatable bonds is 3. The summed E-state index contributed by atoms with van der Waals surface area (Å²) in [5, 5.41) is 0. The molecule has 0 aromatic rings. The van der Waals surface area contributed by atoms with Crippen molar-refractivity contribution in [1.82, 2.24) is 10.4 Å². The van der Waals surface area contributed by atoms with Crippen LogP contribution >= 0.6 is 0 Å². The molecule has 1 fully saturated rings. The van der Waals surface area contributed by atoms with Gasteiger partial charge in [0, 0.05) is 13.1 Å². The zero-order valence-corrected chi connectivity index (χ0v) is 7.47. The second-order valence-corrected chi connectivity index (χ2v) is 3.15. The minimum absolute atomic E-state index is 0.621. The van der Waals surface area contributed by atoms with Crippen LogP contribution in [-0.4, -0.2) is 38.2 Å². The number of hydrogen-bond donors (Lipinski definition) is 1. The second-order valence-electron chi connectivity index (χ2n) is 3.15. The van der Waals surface area contributed by atoms with Gasteiger partial charge in [-0.3, -0.25) is 0 Å². The van der Waals surface area contributed by atoms with E-state index in [4.69, 9.17) is 4.84 Å². The number of hydroxylamine groups is 1. The molecule has 1 saturated heterocycles. The van der Waals surface area contributed by atoms with Gasteiger partial charge in [-0.05, 0) is 26.4 Å². The maximum atomic E-state index is 5.15. The summed E-state index contributed by atoms with van der Waals surface area (Å²) in [6.45, 7) is 2.03. The van der Waals surface area contributed by atoms with Crippen LogP contribution in [0.2, 0.25) is 0 Å². The van der Waals surface area contributed by atoms with Gasteiger partial charge in [-0.15, -0.1) is 0 Å². The molecule has 0 radical (unpaired) electrons. The normalized spacial score (nSPS) is 27.3. The maximum absolute atomic E-state index is 5.15. The molecule has 3 nitrogen and oxygen atoms in total. The number of nitrogens with one attached hydrogen (secondary N) is 1. The Balaban J connectivity index is 2.18. The van der Waals surface area contributed by atoms with Gasteiger partial charge in [0.15, 0.2) is 0 Å². The molecular weight excluding hydrogens is 140 g/mol. The lowest BCUT2D eigenvalue weighted by atomic mass is 10.0. The molecule has 11 heavy (non-hydrogen) atoms. The summed E-state index contributed by atoms with van der Waals surface area (Å²) in [5.41, 5.74) is 2.71. The van der Waals surface area contributed by atoms with E-state index in [2.05, 4.69) is 17.4 Å². The van der Waals surface area contributed by atoms with Crippen LogP contribution in [0.25, 0.3) is 0 Å². The van der Waals surface area contributed by atoms with Crippen molar-refractivity contribution in [3.8, 4) is 0 Å². The highest BCUT2D eigenvalue weighted by Crippen LogP contribution is 2.14. The molecule has 1 aliphatic rings. The summed E-state index contributed by atoms with van der Waals surface area (Å²) in [6, 6.07) is 0.621. The van der Waals surface area contributed by atoms with Crippen LogP contribution in [-0.2, 0) is 4.84 Å². The van der Waals surface area contributed by atoms with Crippen molar-refractivity contribution in [2.24, 2.45) is 0 Å². The van der Waals surface area contributed by atoms with Gasteiger partial charge in [-0.25, -0.2) is 5.48 Å². The molecule has 1 unspecified atom stereocenters. The van der Waals surface area contributed by atoms with Gasteiger partial charge in [0.05, 0.1) is 6.61 Å². The molecule has 3 heteroatoms. The Morgan fingerprint density at radius 2 is 2.36 bits per heavy atom. The monoisotopic (exact) mass is 158 g/mol. The summed E-state index contributed by atoms with van der Waals surface area (Å²) < 4.78 is 0. The zero-order chi connectivity index (χ0) is 8.10. The van der Waals surface area contributed by atoms with E-state index in [1.165, 1.54) is 25.8 Å². The molecular formula is C8H18N2O. The lowest BCUT2D eigenvalue weighted by Crippen LogP contribution is -2.40. The topological polar surface area (TPSA) is 24.5 Å². The fourth-order valence-electron chi connectivity index (χ4n) is 1.53. The molecule has 0 spiro atoms. The summed E-state index contributed by atoms with van der Waals surface area (Å²) in [5.74, 6) is 0. The van der Waals surface area contributed by atoms with E-state index >= 15 is 0 Å². The lowest BCUT2D eigenvalue weighted by Gasteiger charge is -2.31. The van der Waals surface area contributed by atoms with E-state index in [1.807, 2.05) is 7.05 Å². The zero-order valence-electron chi connectivity index (χ0n) is 7.47. The summed E-state index contributed by atoms with van der Waals surface area (Å²) in [4.78, 5) is 7.53. The van der Waals surface area contributed by atoms with E-state index in [9.17, 15) is 0 Å². The van der Waals surface area contributed by atoms with Crippen LogP contribution in [0.15, 0.2) is 0 Å². The molecule has 1 aliphatic heterocycles. The number of likely N-dealkylation sites (N-methyl/N-ethyl adjacent to an activating group) is 1. The van der Waals surface area contributed by atoms with Crippen molar-refractivity contribution in [1.29, 1.82) is 0 Å². The van der Waals surface area contributed by atoms with Gasteiger partial charge >= 0.3 is 0 Å². The number of hydrogen-bond acceptors (Lipinski definition) is 3. The standard InChI is InChI=1S/C8H18N2O/c1-9-11-7-8-5-3-4-6-10(8)2/h8-9H,3-7H2,1-2H3. The van der Waals surface area contributed by atoms with E-state index in [0.29, 0.717) is 6.04 Å². The third kappa shape index (κ3) is 2.77. The Hall–Kier alpha value is -0.120. The van der Waals surface area contributed by atoms with Gasteiger partial charge in [-0.1, -0.05) is 6.42 Å². The minimum Gasteiger partial charge on any atom is -0.301 e. The molecule has 0 saturated carbocycles. The fourth-order valence-corrected chi connectivity index (χ4v) is 1.53. The average molecular weight is 158 g/mol. The molecule has 1 N–H and O–H groups in total. The Morgan fingerprint density at radius 3 is 3.00 bits per heavy atom. The fraction of sp³-hybridized carbons (Fsp3) is 1.00. The first-order chi connectivity index (χ1) is 5.34. The van der Waals surface area contributed by atoms with Crippen LogP contribution < -0.4 is 5.48 Å². The predicted octanol–water partition coefficient (Wildman–Crippen LogP) is 0.622. The molecule has 0 aliphatic carbocycles. The smallest absolute Gasteiger partial charge is 0.0837 e. The third-order valence-electron chi connectivity index (χ3n) is 2.34. The van der Waals surface area contributed by atoms with Crippen molar-refractivity contribution < 1.29 is 4.84 Å². The van der Waals surface area contributed by atoms with Crippen molar-refractivity contribution in [3.05, 3.63) is 0 Å². The van der Waals surface area contributed by atoms with Crippen LogP contribution in [0.1, 0.15) is 19.3 Å². The van der Waals surface area contributed by atoms with Crippen LogP contribution in [0.3, 0.4) is 0 Å². The highest BCUT2D eigenvalue weighted by atomic mass is 16.6. The molecule has 0 bridgehead atoms. The number of piperidine rings is 1. The largest absolute Gasteiger partial charge is 0.301 e. The maximum Gasteiger partial charge on any atom is 0.0837 e. The van der Waals surface area contributed by atoms with Crippen molar-refractivity contribution in [3.63, 3.8) is 0 Å². The SMILES string of the molecule is CNOCC1CCCCN1C. The van der Waals surface area contributed by atoms with E-state index < -0.39 is 0 Å². The summed E-state index contributed by atoms with van der Waals surface area (Å²) in [6.07, 6.45) is 3.97. The highest BCUT2D eigenvalue weighted by Gasteiger charge is 2.18. The molecule has 1 atom stereocenters. The molecule has 0 amide bonds. The summed E-state index contributed by atoms with van der Waals surface area (Å²) in [7, 11) is 3.98. The van der Waals surface area contributed by atoms with Crippen molar-refractivity contribution in [2.75, 3.05) is 27.2 Å². The minimum atomic E-state index is 0.621. The third-order valence-corrected chi connectivity index (χ3v) is 2.34. The Bertz CT molecular complexity index is 108. The van der Waals surface area contributed by atoms with Crippen LogP contribution in [0, 0.1) is 0 Å². The van der Waals surface area contributed by atoms with Crippen LogP contribution in [0.4, 0.5) is 0 Å². The first-order valence-electron chi connectivity index (χ1n) is 4.33. The Morgan fingerprint density at radius 1 is 1.55 bits per heavy atom. The first-order valence-corrected chi connectivity index (χ1v) is 4.33. The van der Waals surface area contributed by atoms with Gasteiger partial charge in [0.1, 0.15) is 0 Å². The Kier molecular flexibility index (Phi) is 3.83. The summed E-state index contributed by atoms with van der Waals surface area (Å²) >= 11 is 0. The van der Waals surface area contributed by atoms with Gasteiger partial charge in [0.25, 0.3) is 0 Å². The number of nitrogens with zero attached hydrogens (tertiary/aromatic N) is 1. The molecule has 66 valence electrons. The van der Waals surface area contributed by atoms with Crippen molar-refractivity contribution in [2.45, 2.75) is 25.3 Å². The van der Waals surface area contributed by atoms with Crippen molar-refractivity contribution >= 4 is 0 Å². The second kappa shape index (κ2) is 4.70. The lowest BCUT2D eigenvalue weighted by molar-refractivity contribution is 0.00470. The van der Waals surface area contributed by atoms with E-state index in [1.54, 1.807) is 0 Å². The quantitative estimate of drug-likeness (QED) is 0.609. The molecule has 0 aromatic heterocycles. The van der Waals surface area contributed by atoms with Crippen LogP contribution in [0.5, 0.6) is 0 Å². The van der Waals surface area contributed by atoms with Gasteiger partial charge in [-0.2, -0.15) is 0 Å². The first kappa shape index (κ1) is 8.97. The van der Waals surface area contributed by atoms with E-state index in [0.717, 1.165) is 6.61 Å².